The molecule has 0 radical (unpaired) electrons. The van der Waals surface area contributed by atoms with Crippen molar-refractivity contribution in [1.82, 2.24) is 5.32 Å². The maximum Gasteiger partial charge on any atom is 0.230 e. The molecule has 22 heavy (non-hydrogen) atoms. The average molecular weight is 305 g/mol. The van der Waals surface area contributed by atoms with Crippen molar-refractivity contribution in [3.05, 3.63) is 59.8 Å². The molecule has 1 aromatic carbocycles. The quantitative estimate of drug-likeness (QED) is 0.893. The summed E-state index contributed by atoms with van der Waals surface area (Å²) in [6, 6.07) is 9.47. The van der Waals surface area contributed by atoms with Crippen LogP contribution in [0.5, 0.6) is 0 Å². The van der Waals surface area contributed by atoms with Gasteiger partial charge in [-0.3, -0.25) is 4.79 Å². The van der Waals surface area contributed by atoms with Crippen LogP contribution in [-0.2, 0) is 15.8 Å². The smallest absolute Gasteiger partial charge is 0.230 e. The van der Waals surface area contributed by atoms with Crippen molar-refractivity contribution in [2.75, 3.05) is 6.54 Å². The molecule has 0 aliphatic heterocycles. The maximum atomic E-state index is 13.9. The molecule has 2 aromatic rings. The molecule has 118 valence electrons. The van der Waals surface area contributed by atoms with E-state index in [0.717, 1.165) is 0 Å². The Morgan fingerprint density at radius 2 is 1.91 bits per heavy atom. The third-order valence-electron chi connectivity index (χ3n) is 3.76. The Kier molecular flexibility index (Phi) is 4.37. The molecule has 0 aliphatic carbocycles. The van der Waals surface area contributed by atoms with Crippen molar-refractivity contribution in [3.8, 4) is 0 Å². The molecule has 0 saturated heterocycles. The number of carbonyl (C=O) groups excluding carboxylic acids is 1. The van der Waals surface area contributed by atoms with Crippen LogP contribution in [-0.4, -0.2) is 17.6 Å². The molecule has 0 spiro atoms. The van der Waals surface area contributed by atoms with E-state index >= 15 is 0 Å². The zero-order valence-electron chi connectivity index (χ0n) is 12.9. The van der Waals surface area contributed by atoms with Gasteiger partial charge in [0.15, 0.2) is 0 Å². The van der Waals surface area contributed by atoms with E-state index in [0.29, 0.717) is 11.3 Å². The van der Waals surface area contributed by atoms with Gasteiger partial charge in [0, 0.05) is 5.56 Å². The van der Waals surface area contributed by atoms with Gasteiger partial charge in [-0.05, 0) is 39.0 Å². The number of benzene rings is 1. The summed E-state index contributed by atoms with van der Waals surface area (Å²) in [5, 5.41) is 13.0. The summed E-state index contributed by atoms with van der Waals surface area (Å²) in [7, 11) is 0. The lowest BCUT2D eigenvalue weighted by Gasteiger charge is -2.27. The van der Waals surface area contributed by atoms with Crippen LogP contribution < -0.4 is 5.32 Å². The fraction of sp³-hybridized carbons (Fsp3) is 0.353. The predicted molar refractivity (Wildman–Crippen MR) is 80.7 cm³/mol. The molecule has 0 bridgehead atoms. The first-order chi connectivity index (χ1) is 10.2. The highest BCUT2D eigenvalue weighted by atomic mass is 19.1. The molecule has 0 fully saturated rings. The van der Waals surface area contributed by atoms with E-state index in [1.165, 1.54) is 12.3 Å². The van der Waals surface area contributed by atoms with E-state index in [2.05, 4.69) is 5.32 Å². The van der Waals surface area contributed by atoms with Crippen molar-refractivity contribution in [3.63, 3.8) is 0 Å². The zero-order valence-corrected chi connectivity index (χ0v) is 12.9. The Morgan fingerprint density at radius 1 is 1.23 bits per heavy atom. The lowest BCUT2D eigenvalue weighted by molar-refractivity contribution is -0.127. The first-order valence-corrected chi connectivity index (χ1v) is 7.05. The zero-order chi connectivity index (χ0) is 16.4. The van der Waals surface area contributed by atoms with Gasteiger partial charge in [-0.2, -0.15) is 0 Å². The second-order valence-corrected chi connectivity index (χ2v) is 6.04. The van der Waals surface area contributed by atoms with Gasteiger partial charge in [0.25, 0.3) is 0 Å². The Labute approximate surface area is 129 Å². The Morgan fingerprint density at radius 3 is 2.50 bits per heavy atom. The topological polar surface area (TPSA) is 62.5 Å². The van der Waals surface area contributed by atoms with Crippen LogP contribution in [0, 0.1) is 5.82 Å². The number of halogens is 1. The van der Waals surface area contributed by atoms with Crippen LogP contribution in [0.2, 0.25) is 0 Å². The molecule has 4 nitrogen and oxygen atoms in total. The minimum Gasteiger partial charge on any atom is -0.466 e. The van der Waals surface area contributed by atoms with Gasteiger partial charge in [-0.25, -0.2) is 4.39 Å². The molecule has 5 heteroatoms. The minimum atomic E-state index is -1.33. The molecule has 2 N–H and O–H groups in total. The highest BCUT2D eigenvalue weighted by Crippen LogP contribution is 2.26. The van der Waals surface area contributed by atoms with Crippen LogP contribution >= 0.6 is 0 Å². The number of aliphatic hydroxyl groups is 1. The second-order valence-electron chi connectivity index (χ2n) is 6.04. The number of hydrogen-bond donors (Lipinski definition) is 2. The number of amides is 1. The van der Waals surface area contributed by atoms with Crippen molar-refractivity contribution in [1.29, 1.82) is 0 Å². The van der Waals surface area contributed by atoms with E-state index in [4.69, 9.17) is 4.42 Å². The fourth-order valence-electron chi connectivity index (χ4n) is 2.24. The molecule has 0 saturated carbocycles. The summed E-state index contributed by atoms with van der Waals surface area (Å²) in [6.07, 6.45) is 1.45. The van der Waals surface area contributed by atoms with Gasteiger partial charge in [0.2, 0.25) is 5.91 Å². The summed E-state index contributed by atoms with van der Waals surface area (Å²) in [5.41, 5.74) is -2.07. The second kappa shape index (κ2) is 5.93. The lowest BCUT2D eigenvalue weighted by Crippen LogP contribution is -2.46. The maximum absolute atomic E-state index is 13.9. The molecule has 2 rings (SSSR count). The molecule has 1 unspecified atom stereocenters. The number of hydrogen-bond acceptors (Lipinski definition) is 3. The van der Waals surface area contributed by atoms with E-state index in [9.17, 15) is 14.3 Å². The molecule has 1 amide bonds. The highest BCUT2D eigenvalue weighted by molar-refractivity contribution is 5.87. The van der Waals surface area contributed by atoms with Crippen LogP contribution in [0.3, 0.4) is 0 Å². The largest absolute Gasteiger partial charge is 0.466 e. The summed E-state index contributed by atoms with van der Waals surface area (Å²) in [6.45, 7) is 4.80. The van der Waals surface area contributed by atoms with E-state index in [1.54, 1.807) is 51.1 Å². The molecular weight excluding hydrogens is 285 g/mol. The van der Waals surface area contributed by atoms with Crippen molar-refractivity contribution < 1.29 is 18.7 Å². The first-order valence-electron chi connectivity index (χ1n) is 7.05. The number of furan rings is 1. The molecule has 1 aromatic heterocycles. The minimum absolute atomic E-state index is 0.0305. The Bertz CT molecular complexity index is 648. The van der Waals surface area contributed by atoms with E-state index < -0.39 is 16.8 Å². The summed E-state index contributed by atoms with van der Waals surface area (Å²) >= 11 is 0. The molecular formula is C17H20FNO3. The first kappa shape index (κ1) is 16.2. The van der Waals surface area contributed by atoms with Crippen molar-refractivity contribution in [2.45, 2.75) is 31.8 Å². The van der Waals surface area contributed by atoms with Crippen LogP contribution in [0.15, 0.2) is 47.1 Å². The van der Waals surface area contributed by atoms with Gasteiger partial charge in [0.05, 0.1) is 18.2 Å². The van der Waals surface area contributed by atoms with Gasteiger partial charge in [0.1, 0.15) is 17.2 Å². The predicted octanol–water partition coefficient (Wildman–Crippen LogP) is 2.72. The summed E-state index contributed by atoms with van der Waals surface area (Å²) < 4.78 is 19.1. The lowest BCUT2D eigenvalue weighted by atomic mass is 9.83. The third-order valence-corrected chi connectivity index (χ3v) is 3.76. The normalized spacial score (nSPS) is 14.4. The van der Waals surface area contributed by atoms with E-state index in [-0.39, 0.29) is 12.5 Å². The Balaban J connectivity index is 2.10. The SMILES string of the molecule is CC(O)(CNC(=O)C(C)(C)c1ccccc1F)c1ccco1. The van der Waals surface area contributed by atoms with Gasteiger partial charge in [-0.1, -0.05) is 18.2 Å². The standard InChI is InChI=1S/C17H20FNO3/c1-16(2,12-7-4-5-8-13(12)18)15(20)19-11-17(3,21)14-9-6-10-22-14/h4-10,21H,11H2,1-3H3,(H,19,20). The number of carbonyl (C=O) groups is 1. The third kappa shape index (κ3) is 3.20. The summed E-state index contributed by atoms with van der Waals surface area (Å²) in [5.74, 6) is -0.443. The van der Waals surface area contributed by atoms with Crippen LogP contribution in [0.25, 0.3) is 0 Å². The van der Waals surface area contributed by atoms with Crippen molar-refractivity contribution >= 4 is 5.91 Å². The molecule has 1 atom stereocenters. The highest BCUT2D eigenvalue weighted by Gasteiger charge is 2.34. The Hall–Kier alpha value is -2.14. The number of nitrogens with one attached hydrogen (secondary N) is 1. The molecule has 1 heterocycles. The van der Waals surface area contributed by atoms with Crippen LogP contribution in [0.1, 0.15) is 32.1 Å². The van der Waals surface area contributed by atoms with E-state index in [1.807, 2.05) is 0 Å². The molecule has 0 aliphatic rings. The monoisotopic (exact) mass is 305 g/mol. The average Bonchev–Trinajstić information content (AvgIpc) is 3.00. The van der Waals surface area contributed by atoms with Gasteiger partial charge in [-0.15, -0.1) is 0 Å². The summed E-state index contributed by atoms with van der Waals surface area (Å²) in [4.78, 5) is 12.4. The number of rotatable bonds is 5. The van der Waals surface area contributed by atoms with Gasteiger partial charge >= 0.3 is 0 Å². The van der Waals surface area contributed by atoms with Crippen molar-refractivity contribution in [2.24, 2.45) is 0 Å². The fourth-order valence-corrected chi connectivity index (χ4v) is 2.24. The van der Waals surface area contributed by atoms with Crippen LogP contribution in [0.4, 0.5) is 4.39 Å². The van der Waals surface area contributed by atoms with Gasteiger partial charge < -0.3 is 14.8 Å².